The lowest BCUT2D eigenvalue weighted by Crippen LogP contribution is -2.23. The molecule has 0 amide bonds. The first-order chi connectivity index (χ1) is 5.94. The maximum absolute atomic E-state index is 2.39. The van der Waals surface area contributed by atoms with Gasteiger partial charge in [-0.1, -0.05) is 53.2 Å². The first-order valence-electron chi connectivity index (χ1n) is 5.56. The van der Waals surface area contributed by atoms with E-state index in [1.165, 1.54) is 12.8 Å². The standard InChI is InChI=1S/C13H26/c1-7-9-11(3)10-13(5,6)12(4)8-2/h7,9,11-12H,8,10H2,1-6H3. The molecule has 0 aliphatic heterocycles. The van der Waals surface area contributed by atoms with Crippen molar-refractivity contribution >= 4 is 0 Å². The molecular formula is C13H26. The van der Waals surface area contributed by atoms with Gasteiger partial charge in [-0.3, -0.25) is 0 Å². The van der Waals surface area contributed by atoms with Crippen LogP contribution in [0, 0.1) is 17.3 Å². The lowest BCUT2D eigenvalue weighted by Gasteiger charge is -2.33. The Bertz CT molecular complexity index is 153. The van der Waals surface area contributed by atoms with E-state index in [9.17, 15) is 0 Å². The van der Waals surface area contributed by atoms with Gasteiger partial charge >= 0.3 is 0 Å². The molecule has 0 aromatic rings. The van der Waals surface area contributed by atoms with E-state index in [0.717, 1.165) is 5.92 Å². The van der Waals surface area contributed by atoms with Gasteiger partial charge in [0.2, 0.25) is 0 Å². The molecule has 0 aliphatic rings. The second-order valence-corrected chi connectivity index (χ2v) is 5.01. The highest BCUT2D eigenvalue weighted by atomic mass is 14.3. The molecule has 0 fully saturated rings. The monoisotopic (exact) mass is 182 g/mol. The van der Waals surface area contributed by atoms with Crippen molar-refractivity contribution < 1.29 is 0 Å². The van der Waals surface area contributed by atoms with Crippen LogP contribution in [0.5, 0.6) is 0 Å². The highest BCUT2D eigenvalue weighted by Gasteiger charge is 2.25. The van der Waals surface area contributed by atoms with Crippen molar-refractivity contribution in [3.8, 4) is 0 Å². The van der Waals surface area contributed by atoms with E-state index in [4.69, 9.17) is 0 Å². The van der Waals surface area contributed by atoms with E-state index in [-0.39, 0.29) is 0 Å². The molecule has 0 aromatic carbocycles. The average molecular weight is 182 g/mol. The summed E-state index contributed by atoms with van der Waals surface area (Å²) in [7, 11) is 0. The van der Waals surface area contributed by atoms with Crippen LogP contribution in [0.2, 0.25) is 0 Å². The third-order valence-electron chi connectivity index (χ3n) is 3.32. The number of hydrogen-bond acceptors (Lipinski definition) is 0. The normalized spacial score (nSPS) is 17.7. The Labute approximate surface area is 84.4 Å². The van der Waals surface area contributed by atoms with Gasteiger partial charge in [0.25, 0.3) is 0 Å². The summed E-state index contributed by atoms with van der Waals surface area (Å²) in [5, 5.41) is 0. The van der Waals surface area contributed by atoms with Crippen LogP contribution < -0.4 is 0 Å². The quantitative estimate of drug-likeness (QED) is 0.542. The summed E-state index contributed by atoms with van der Waals surface area (Å²) in [4.78, 5) is 0. The summed E-state index contributed by atoms with van der Waals surface area (Å²) in [6, 6.07) is 0. The fourth-order valence-electron chi connectivity index (χ4n) is 1.98. The van der Waals surface area contributed by atoms with E-state index in [0.29, 0.717) is 11.3 Å². The fourth-order valence-corrected chi connectivity index (χ4v) is 1.98. The van der Waals surface area contributed by atoms with Crippen LogP contribution in [0.25, 0.3) is 0 Å². The van der Waals surface area contributed by atoms with Crippen molar-refractivity contribution in [3.05, 3.63) is 12.2 Å². The van der Waals surface area contributed by atoms with Gasteiger partial charge in [-0.2, -0.15) is 0 Å². The Morgan fingerprint density at radius 3 is 2.15 bits per heavy atom. The van der Waals surface area contributed by atoms with Crippen LogP contribution in [0.1, 0.15) is 54.4 Å². The maximum atomic E-state index is 2.39. The van der Waals surface area contributed by atoms with Crippen LogP contribution in [0.3, 0.4) is 0 Å². The van der Waals surface area contributed by atoms with E-state index in [2.05, 4.69) is 53.7 Å². The molecule has 0 heterocycles. The predicted molar refractivity (Wildman–Crippen MR) is 61.8 cm³/mol. The summed E-state index contributed by atoms with van der Waals surface area (Å²) in [5.74, 6) is 1.54. The number of hydrogen-bond donors (Lipinski definition) is 0. The molecule has 0 saturated heterocycles. The molecule has 78 valence electrons. The Morgan fingerprint density at radius 2 is 1.77 bits per heavy atom. The van der Waals surface area contributed by atoms with Gasteiger partial charge in [-0.15, -0.1) is 0 Å². The molecule has 13 heavy (non-hydrogen) atoms. The summed E-state index contributed by atoms with van der Waals surface area (Å²) >= 11 is 0. The molecule has 0 N–H and O–H groups in total. The minimum absolute atomic E-state index is 0.480. The SMILES string of the molecule is CC=CC(C)CC(C)(C)C(C)CC. The van der Waals surface area contributed by atoms with Crippen molar-refractivity contribution in [1.82, 2.24) is 0 Å². The van der Waals surface area contributed by atoms with Crippen LogP contribution in [0.15, 0.2) is 12.2 Å². The highest BCUT2D eigenvalue weighted by Crippen LogP contribution is 2.35. The zero-order valence-electron chi connectivity index (χ0n) is 10.2. The predicted octanol–water partition coefficient (Wildman–Crippen LogP) is 4.66. The zero-order valence-corrected chi connectivity index (χ0v) is 10.2. The fraction of sp³-hybridized carbons (Fsp3) is 0.846. The Morgan fingerprint density at radius 1 is 1.23 bits per heavy atom. The summed E-state index contributed by atoms with van der Waals surface area (Å²) in [6.45, 7) is 13.8. The molecule has 0 rings (SSSR count). The first kappa shape index (κ1) is 12.7. The summed E-state index contributed by atoms with van der Waals surface area (Å²) in [5.41, 5.74) is 0.480. The molecule has 0 saturated carbocycles. The molecule has 0 spiro atoms. The van der Waals surface area contributed by atoms with Gasteiger partial charge in [0.05, 0.1) is 0 Å². The third kappa shape index (κ3) is 4.50. The third-order valence-corrected chi connectivity index (χ3v) is 3.32. The first-order valence-corrected chi connectivity index (χ1v) is 5.56. The van der Waals surface area contributed by atoms with Gasteiger partial charge < -0.3 is 0 Å². The van der Waals surface area contributed by atoms with Gasteiger partial charge in [0, 0.05) is 0 Å². The average Bonchev–Trinajstić information content (AvgIpc) is 2.02. The van der Waals surface area contributed by atoms with E-state index in [1.807, 2.05) is 0 Å². The topological polar surface area (TPSA) is 0 Å². The molecule has 2 atom stereocenters. The lowest BCUT2D eigenvalue weighted by molar-refractivity contribution is 0.187. The highest BCUT2D eigenvalue weighted by molar-refractivity contribution is 4.87. The minimum atomic E-state index is 0.480. The number of allylic oxidation sites excluding steroid dienone is 2. The van der Waals surface area contributed by atoms with E-state index >= 15 is 0 Å². The lowest BCUT2D eigenvalue weighted by atomic mass is 9.73. The molecule has 2 unspecified atom stereocenters. The number of rotatable bonds is 5. The van der Waals surface area contributed by atoms with Gasteiger partial charge in [-0.25, -0.2) is 0 Å². The smallest absolute Gasteiger partial charge is 0.0257 e. The molecule has 0 aliphatic carbocycles. The zero-order chi connectivity index (χ0) is 10.5. The van der Waals surface area contributed by atoms with Crippen molar-refractivity contribution in [2.45, 2.75) is 54.4 Å². The summed E-state index contributed by atoms with van der Waals surface area (Å²) < 4.78 is 0. The van der Waals surface area contributed by atoms with Crippen LogP contribution in [-0.4, -0.2) is 0 Å². The second kappa shape index (κ2) is 5.47. The van der Waals surface area contributed by atoms with E-state index in [1.54, 1.807) is 0 Å². The molecule has 0 nitrogen and oxygen atoms in total. The molecular weight excluding hydrogens is 156 g/mol. The molecule has 0 bridgehead atoms. The van der Waals surface area contributed by atoms with Gasteiger partial charge in [0.15, 0.2) is 0 Å². The minimum Gasteiger partial charge on any atom is -0.0914 e. The van der Waals surface area contributed by atoms with E-state index < -0.39 is 0 Å². The maximum Gasteiger partial charge on any atom is -0.0257 e. The van der Waals surface area contributed by atoms with Gasteiger partial charge in [-0.05, 0) is 30.6 Å². The van der Waals surface area contributed by atoms with Crippen LogP contribution >= 0.6 is 0 Å². The molecule has 0 heteroatoms. The van der Waals surface area contributed by atoms with Crippen molar-refractivity contribution in [3.63, 3.8) is 0 Å². The van der Waals surface area contributed by atoms with Crippen LogP contribution in [0.4, 0.5) is 0 Å². The van der Waals surface area contributed by atoms with Crippen LogP contribution in [-0.2, 0) is 0 Å². The Balaban J connectivity index is 4.15. The largest absolute Gasteiger partial charge is 0.0914 e. The molecule has 0 aromatic heterocycles. The Kier molecular flexibility index (Phi) is 5.36. The Hall–Kier alpha value is -0.260. The van der Waals surface area contributed by atoms with Gasteiger partial charge in [0.1, 0.15) is 0 Å². The second-order valence-electron chi connectivity index (χ2n) is 5.01. The van der Waals surface area contributed by atoms with Crippen molar-refractivity contribution in [1.29, 1.82) is 0 Å². The molecule has 0 radical (unpaired) electrons. The van der Waals surface area contributed by atoms with Crippen molar-refractivity contribution in [2.24, 2.45) is 17.3 Å². The summed E-state index contributed by atoms with van der Waals surface area (Å²) in [6.07, 6.45) is 7.06. The van der Waals surface area contributed by atoms with Crippen molar-refractivity contribution in [2.75, 3.05) is 0 Å².